The Kier molecular flexibility index (Phi) is 6.62. The number of carbonyl (C=O) groups excluding carboxylic acids is 2. The van der Waals surface area contributed by atoms with E-state index in [1.54, 1.807) is 0 Å². The first-order valence-corrected chi connectivity index (χ1v) is 3.99. The molecule has 0 bridgehead atoms. The highest BCUT2D eigenvalue weighted by Gasteiger charge is 2.01. The van der Waals surface area contributed by atoms with Gasteiger partial charge in [0.25, 0.3) is 0 Å². The third kappa shape index (κ3) is 7.07. The molecule has 6 nitrogen and oxygen atoms in total. The number of amides is 2. The number of esters is 1. The zero-order valence-electron chi connectivity index (χ0n) is 7.63. The van der Waals surface area contributed by atoms with Crippen LogP contribution in [0.1, 0.15) is 6.42 Å². The summed E-state index contributed by atoms with van der Waals surface area (Å²) in [7, 11) is 1.30. The van der Waals surface area contributed by atoms with Gasteiger partial charge in [-0.25, -0.2) is 4.79 Å². The van der Waals surface area contributed by atoms with Crippen molar-refractivity contribution in [3.8, 4) is 0 Å². The van der Waals surface area contributed by atoms with E-state index >= 15 is 0 Å². The summed E-state index contributed by atoms with van der Waals surface area (Å²) < 4.78 is 4.38. The Morgan fingerprint density at radius 2 is 1.92 bits per heavy atom. The molecule has 0 spiro atoms. The average molecular weight is 189 g/mol. The number of carbonyl (C=O) groups is 2. The molecule has 0 saturated carbocycles. The van der Waals surface area contributed by atoms with Gasteiger partial charge >= 0.3 is 12.0 Å². The highest BCUT2D eigenvalue weighted by molar-refractivity contribution is 5.75. The van der Waals surface area contributed by atoms with Crippen molar-refractivity contribution in [1.82, 2.24) is 10.6 Å². The third-order valence-electron chi connectivity index (χ3n) is 1.27. The summed E-state index contributed by atoms with van der Waals surface area (Å²) in [6, 6.07) is -0.325. The molecule has 0 aliphatic heterocycles. The van der Waals surface area contributed by atoms with Crippen molar-refractivity contribution in [2.45, 2.75) is 6.42 Å². The van der Waals surface area contributed by atoms with Crippen LogP contribution >= 0.6 is 0 Å². The highest BCUT2D eigenvalue weighted by atomic mass is 16.5. The van der Waals surface area contributed by atoms with Crippen LogP contribution in [0.3, 0.4) is 0 Å². The number of ether oxygens (including phenoxy) is 1. The maximum Gasteiger partial charge on any atom is 0.314 e. The van der Waals surface area contributed by atoms with E-state index in [1.807, 2.05) is 0 Å². The normalized spacial score (nSPS) is 9.08. The summed E-state index contributed by atoms with van der Waals surface area (Å²) in [4.78, 5) is 21.4. The number of hydrogen-bond donors (Lipinski definition) is 3. The van der Waals surface area contributed by atoms with Gasteiger partial charge in [0.2, 0.25) is 0 Å². The fourth-order valence-electron chi connectivity index (χ4n) is 0.628. The molecule has 13 heavy (non-hydrogen) atoms. The van der Waals surface area contributed by atoms with Crippen LogP contribution in [0, 0.1) is 0 Å². The van der Waals surface area contributed by atoms with Crippen LogP contribution in [0.15, 0.2) is 0 Å². The summed E-state index contributed by atoms with van der Waals surface area (Å²) in [6.45, 7) is 1.08. The van der Waals surface area contributed by atoms with Crippen molar-refractivity contribution in [3.05, 3.63) is 0 Å². The SMILES string of the molecule is COC(=O)CCNC(=O)NCCN. The van der Waals surface area contributed by atoms with Crippen LogP contribution in [-0.4, -0.2) is 38.7 Å². The zero-order chi connectivity index (χ0) is 10.1. The number of hydrogen-bond acceptors (Lipinski definition) is 4. The Balaban J connectivity index is 3.31. The molecule has 0 heterocycles. The average Bonchev–Trinajstić information content (AvgIpc) is 2.14. The van der Waals surface area contributed by atoms with Gasteiger partial charge in [-0.15, -0.1) is 0 Å². The molecule has 0 fully saturated rings. The summed E-state index contributed by atoms with van der Waals surface area (Å²) in [5, 5.41) is 4.97. The zero-order valence-corrected chi connectivity index (χ0v) is 7.63. The molecule has 76 valence electrons. The standard InChI is InChI=1S/C7H15N3O3/c1-13-6(11)2-4-9-7(12)10-5-3-8/h2-5,8H2,1H3,(H2,9,10,12). The van der Waals surface area contributed by atoms with Gasteiger partial charge in [0.05, 0.1) is 13.5 Å². The van der Waals surface area contributed by atoms with E-state index in [0.29, 0.717) is 13.1 Å². The number of methoxy groups -OCH3 is 1. The van der Waals surface area contributed by atoms with Gasteiger partial charge < -0.3 is 21.1 Å². The fourth-order valence-corrected chi connectivity index (χ4v) is 0.628. The molecule has 0 rings (SSSR count). The van der Waals surface area contributed by atoms with Crippen molar-refractivity contribution in [1.29, 1.82) is 0 Å². The molecule has 4 N–H and O–H groups in total. The number of nitrogens with one attached hydrogen (secondary N) is 2. The van der Waals surface area contributed by atoms with Crippen molar-refractivity contribution in [2.75, 3.05) is 26.7 Å². The predicted octanol–water partition coefficient (Wildman–Crippen LogP) is -1.19. The van der Waals surface area contributed by atoms with Gasteiger partial charge in [-0.2, -0.15) is 0 Å². The lowest BCUT2D eigenvalue weighted by atomic mass is 10.4. The van der Waals surface area contributed by atoms with Crippen molar-refractivity contribution in [3.63, 3.8) is 0 Å². The number of nitrogens with two attached hydrogens (primary N) is 1. The molecule has 0 aliphatic rings. The lowest BCUT2D eigenvalue weighted by Gasteiger charge is -2.05. The van der Waals surface area contributed by atoms with Crippen molar-refractivity contribution in [2.24, 2.45) is 5.73 Å². The van der Waals surface area contributed by atoms with Crippen LogP contribution < -0.4 is 16.4 Å². The lowest BCUT2D eigenvalue weighted by molar-refractivity contribution is -0.140. The Hall–Kier alpha value is -1.30. The summed E-state index contributed by atoms with van der Waals surface area (Å²) >= 11 is 0. The molecule has 0 aromatic heterocycles. The second-order valence-electron chi connectivity index (χ2n) is 2.30. The Morgan fingerprint density at radius 1 is 1.31 bits per heavy atom. The number of urea groups is 1. The maximum atomic E-state index is 10.8. The van der Waals surface area contributed by atoms with E-state index in [9.17, 15) is 9.59 Å². The minimum atomic E-state index is -0.348. The van der Waals surface area contributed by atoms with E-state index in [1.165, 1.54) is 7.11 Å². The summed E-state index contributed by atoms with van der Waals surface area (Å²) in [5.41, 5.74) is 5.16. The van der Waals surface area contributed by atoms with Gasteiger partial charge in [0.1, 0.15) is 0 Å². The van der Waals surface area contributed by atoms with E-state index in [-0.39, 0.29) is 25.0 Å². The predicted molar refractivity (Wildman–Crippen MR) is 47.1 cm³/mol. The molecule has 2 amide bonds. The van der Waals surface area contributed by atoms with E-state index in [4.69, 9.17) is 5.73 Å². The first-order valence-electron chi connectivity index (χ1n) is 3.99. The van der Waals surface area contributed by atoms with Gasteiger partial charge in [-0.3, -0.25) is 4.79 Å². The van der Waals surface area contributed by atoms with E-state index in [2.05, 4.69) is 15.4 Å². The molecule has 0 radical (unpaired) electrons. The van der Waals surface area contributed by atoms with Gasteiger partial charge in [-0.1, -0.05) is 0 Å². The first kappa shape index (κ1) is 11.7. The van der Waals surface area contributed by atoms with Crippen molar-refractivity contribution >= 4 is 12.0 Å². The second-order valence-corrected chi connectivity index (χ2v) is 2.30. The molecule has 0 saturated heterocycles. The minimum Gasteiger partial charge on any atom is -0.469 e. The Labute approximate surface area is 76.8 Å². The molecule has 6 heteroatoms. The number of rotatable bonds is 5. The van der Waals surface area contributed by atoms with Gasteiger partial charge in [-0.05, 0) is 0 Å². The molecular weight excluding hydrogens is 174 g/mol. The molecule has 0 atom stereocenters. The van der Waals surface area contributed by atoms with Gasteiger partial charge in [0, 0.05) is 19.6 Å². The molecule has 0 aliphatic carbocycles. The van der Waals surface area contributed by atoms with Crippen LogP contribution in [0.4, 0.5) is 4.79 Å². The Bertz CT molecular complexity index is 172. The fraction of sp³-hybridized carbons (Fsp3) is 0.714. The second kappa shape index (κ2) is 7.35. The van der Waals surface area contributed by atoms with E-state index < -0.39 is 0 Å². The first-order chi connectivity index (χ1) is 6.20. The Morgan fingerprint density at radius 3 is 2.46 bits per heavy atom. The minimum absolute atomic E-state index is 0.173. The highest BCUT2D eigenvalue weighted by Crippen LogP contribution is 1.80. The maximum absolute atomic E-state index is 10.8. The molecule has 0 aromatic carbocycles. The topological polar surface area (TPSA) is 93.4 Å². The summed E-state index contributed by atoms with van der Waals surface area (Å²) in [6.07, 6.45) is 0.173. The van der Waals surface area contributed by atoms with Crippen LogP contribution in [0.2, 0.25) is 0 Å². The van der Waals surface area contributed by atoms with Crippen LogP contribution in [0.25, 0.3) is 0 Å². The van der Waals surface area contributed by atoms with Crippen LogP contribution in [-0.2, 0) is 9.53 Å². The molecule has 0 unspecified atom stereocenters. The van der Waals surface area contributed by atoms with Gasteiger partial charge in [0.15, 0.2) is 0 Å². The van der Waals surface area contributed by atoms with E-state index in [0.717, 1.165) is 0 Å². The molecule has 0 aromatic rings. The summed E-state index contributed by atoms with van der Waals surface area (Å²) in [5.74, 6) is -0.348. The lowest BCUT2D eigenvalue weighted by Crippen LogP contribution is -2.39. The molecular formula is C7H15N3O3. The monoisotopic (exact) mass is 189 g/mol. The smallest absolute Gasteiger partial charge is 0.314 e. The largest absolute Gasteiger partial charge is 0.469 e. The van der Waals surface area contributed by atoms with Crippen molar-refractivity contribution < 1.29 is 14.3 Å². The quantitative estimate of drug-likeness (QED) is 0.474. The third-order valence-corrected chi connectivity index (χ3v) is 1.27. The van der Waals surface area contributed by atoms with Crippen LogP contribution in [0.5, 0.6) is 0 Å².